The number of benzene rings is 1. The fourth-order valence-electron chi connectivity index (χ4n) is 1.14. The molecule has 0 radical (unpaired) electrons. The Hall–Kier alpha value is -1.51. The SMILES string of the molecule is Cc1cc(C(=O)O)cc(N(C)C)c1. The number of anilines is 1. The quantitative estimate of drug-likeness (QED) is 0.752. The largest absolute Gasteiger partial charge is 0.478 e. The summed E-state index contributed by atoms with van der Waals surface area (Å²) in [4.78, 5) is 12.6. The predicted octanol–water partition coefficient (Wildman–Crippen LogP) is 1.76. The average Bonchev–Trinajstić information content (AvgIpc) is 2.03. The number of rotatable bonds is 2. The number of hydrogen-bond donors (Lipinski definition) is 1. The summed E-state index contributed by atoms with van der Waals surface area (Å²) in [5.41, 5.74) is 2.21. The van der Waals surface area contributed by atoms with Crippen LogP contribution in [0.4, 0.5) is 5.69 Å². The molecule has 1 rings (SSSR count). The Labute approximate surface area is 77.6 Å². The molecule has 0 spiro atoms. The first-order valence-corrected chi connectivity index (χ1v) is 4.03. The lowest BCUT2D eigenvalue weighted by molar-refractivity contribution is 0.0697. The molecule has 1 aromatic carbocycles. The summed E-state index contributed by atoms with van der Waals surface area (Å²) in [5, 5.41) is 8.80. The van der Waals surface area contributed by atoms with Crippen molar-refractivity contribution in [2.45, 2.75) is 6.92 Å². The van der Waals surface area contributed by atoms with E-state index in [1.54, 1.807) is 12.1 Å². The molecule has 0 heterocycles. The number of hydrogen-bond acceptors (Lipinski definition) is 2. The lowest BCUT2D eigenvalue weighted by Crippen LogP contribution is -2.10. The molecule has 0 saturated heterocycles. The lowest BCUT2D eigenvalue weighted by atomic mass is 10.1. The van der Waals surface area contributed by atoms with Crippen LogP contribution in [0.3, 0.4) is 0 Å². The fraction of sp³-hybridized carbons (Fsp3) is 0.300. The highest BCUT2D eigenvalue weighted by Gasteiger charge is 2.05. The number of carboxylic acid groups (broad SMARTS) is 1. The van der Waals surface area contributed by atoms with Gasteiger partial charge < -0.3 is 10.0 Å². The summed E-state index contributed by atoms with van der Waals surface area (Å²) < 4.78 is 0. The van der Waals surface area contributed by atoms with Gasteiger partial charge in [-0.1, -0.05) is 0 Å². The zero-order chi connectivity index (χ0) is 10.0. The molecule has 0 aliphatic heterocycles. The van der Waals surface area contributed by atoms with Crippen LogP contribution < -0.4 is 4.90 Å². The van der Waals surface area contributed by atoms with Gasteiger partial charge in [0.15, 0.2) is 0 Å². The van der Waals surface area contributed by atoms with E-state index in [4.69, 9.17) is 5.11 Å². The van der Waals surface area contributed by atoms with Gasteiger partial charge in [-0.25, -0.2) is 4.79 Å². The number of aromatic carboxylic acids is 1. The molecule has 0 atom stereocenters. The third kappa shape index (κ3) is 2.21. The molecule has 0 saturated carbocycles. The van der Waals surface area contributed by atoms with Gasteiger partial charge in [-0.15, -0.1) is 0 Å². The minimum Gasteiger partial charge on any atom is -0.478 e. The van der Waals surface area contributed by atoms with E-state index in [0.29, 0.717) is 5.56 Å². The first kappa shape index (κ1) is 9.58. The predicted molar refractivity (Wildman–Crippen MR) is 52.5 cm³/mol. The van der Waals surface area contributed by atoms with E-state index in [-0.39, 0.29) is 0 Å². The Balaban J connectivity index is 3.19. The van der Waals surface area contributed by atoms with Crippen molar-refractivity contribution in [3.05, 3.63) is 29.3 Å². The molecular weight excluding hydrogens is 166 g/mol. The zero-order valence-corrected chi connectivity index (χ0v) is 8.03. The summed E-state index contributed by atoms with van der Waals surface area (Å²) in [5.74, 6) is -0.883. The van der Waals surface area contributed by atoms with Gasteiger partial charge in [0.1, 0.15) is 0 Å². The van der Waals surface area contributed by atoms with Crippen molar-refractivity contribution >= 4 is 11.7 Å². The maximum absolute atomic E-state index is 10.7. The van der Waals surface area contributed by atoms with Gasteiger partial charge in [-0.2, -0.15) is 0 Å². The van der Waals surface area contributed by atoms with Crippen LogP contribution in [0, 0.1) is 6.92 Å². The molecule has 0 fully saturated rings. The molecular formula is C10H13NO2. The molecule has 3 nitrogen and oxygen atoms in total. The van der Waals surface area contributed by atoms with E-state index in [1.807, 2.05) is 32.0 Å². The molecule has 0 aromatic heterocycles. The van der Waals surface area contributed by atoms with Crippen LogP contribution in [0.15, 0.2) is 18.2 Å². The Morgan fingerprint density at radius 3 is 2.38 bits per heavy atom. The second-order valence-electron chi connectivity index (χ2n) is 3.26. The van der Waals surface area contributed by atoms with Crippen LogP contribution in [0.1, 0.15) is 15.9 Å². The number of aryl methyl sites for hydroxylation is 1. The van der Waals surface area contributed by atoms with Crippen molar-refractivity contribution in [3.63, 3.8) is 0 Å². The summed E-state index contributed by atoms with van der Waals surface area (Å²) in [6.07, 6.45) is 0. The van der Waals surface area contributed by atoms with E-state index in [1.165, 1.54) is 0 Å². The van der Waals surface area contributed by atoms with Crippen molar-refractivity contribution in [1.29, 1.82) is 0 Å². The summed E-state index contributed by atoms with van der Waals surface area (Å²) in [6, 6.07) is 5.27. The van der Waals surface area contributed by atoms with Gasteiger partial charge in [-0.05, 0) is 30.7 Å². The van der Waals surface area contributed by atoms with Crippen molar-refractivity contribution in [2.24, 2.45) is 0 Å². The molecule has 13 heavy (non-hydrogen) atoms. The second kappa shape index (κ2) is 3.47. The highest BCUT2D eigenvalue weighted by Crippen LogP contribution is 2.16. The molecule has 0 unspecified atom stereocenters. The third-order valence-corrected chi connectivity index (χ3v) is 1.83. The number of carboxylic acids is 1. The van der Waals surface area contributed by atoms with Crippen molar-refractivity contribution in [1.82, 2.24) is 0 Å². The number of nitrogens with zero attached hydrogens (tertiary/aromatic N) is 1. The maximum Gasteiger partial charge on any atom is 0.335 e. The molecule has 0 amide bonds. The van der Waals surface area contributed by atoms with Gasteiger partial charge >= 0.3 is 5.97 Å². The Bertz CT molecular complexity index is 332. The van der Waals surface area contributed by atoms with Crippen LogP contribution in [0.5, 0.6) is 0 Å². The number of carbonyl (C=O) groups is 1. The van der Waals surface area contributed by atoms with E-state index in [0.717, 1.165) is 11.3 Å². The fourth-order valence-corrected chi connectivity index (χ4v) is 1.14. The minimum absolute atomic E-state index is 0.337. The molecule has 0 aliphatic carbocycles. The second-order valence-corrected chi connectivity index (χ2v) is 3.26. The molecule has 0 bridgehead atoms. The van der Waals surface area contributed by atoms with Crippen LogP contribution in [0.25, 0.3) is 0 Å². The molecule has 0 aliphatic rings. The van der Waals surface area contributed by atoms with E-state index >= 15 is 0 Å². The first-order valence-electron chi connectivity index (χ1n) is 4.03. The van der Waals surface area contributed by atoms with E-state index in [2.05, 4.69) is 0 Å². The summed E-state index contributed by atoms with van der Waals surface area (Å²) >= 11 is 0. The molecule has 1 aromatic rings. The molecule has 3 heteroatoms. The van der Waals surface area contributed by atoms with Crippen molar-refractivity contribution in [3.8, 4) is 0 Å². The monoisotopic (exact) mass is 179 g/mol. The first-order chi connectivity index (χ1) is 6.00. The van der Waals surface area contributed by atoms with Crippen LogP contribution >= 0.6 is 0 Å². The Kier molecular flexibility index (Phi) is 2.56. The van der Waals surface area contributed by atoms with Crippen molar-refractivity contribution < 1.29 is 9.90 Å². The summed E-state index contributed by atoms with van der Waals surface area (Å²) in [7, 11) is 3.78. The van der Waals surface area contributed by atoms with Gasteiger partial charge in [-0.3, -0.25) is 0 Å². The normalized spacial score (nSPS) is 9.77. The van der Waals surface area contributed by atoms with Gasteiger partial charge in [0.2, 0.25) is 0 Å². The van der Waals surface area contributed by atoms with Gasteiger partial charge in [0, 0.05) is 19.8 Å². The van der Waals surface area contributed by atoms with Crippen LogP contribution in [-0.4, -0.2) is 25.2 Å². The average molecular weight is 179 g/mol. The van der Waals surface area contributed by atoms with Gasteiger partial charge in [0.25, 0.3) is 0 Å². The Morgan fingerprint density at radius 1 is 1.31 bits per heavy atom. The highest BCUT2D eigenvalue weighted by atomic mass is 16.4. The topological polar surface area (TPSA) is 40.5 Å². The minimum atomic E-state index is -0.883. The standard InChI is InChI=1S/C10H13NO2/c1-7-4-8(10(12)13)6-9(5-7)11(2)3/h4-6H,1-3H3,(H,12,13). The van der Waals surface area contributed by atoms with Gasteiger partial charge in [0.05, 0.1) is 5.56 Å². The third-order valence-electron chi connectivity index (χ3n) is 1.83. The maximum atomic E-state index is 10.7. The van der Waals surface area contributed by atoms with E-state index < -0.39 is 5.97 Å². The Morgan fingerprint density at radius 2 is 1.92 bits per heavy atom. The lowest BCUT2D eigenvalue weighted by Gasteiger charge is -2.13. The summed E-state index contributed by atoms with van der Waals surface area (Å²) in [6.45, 7) is 1.89. The smallest absolute Gasteiger partial charge is 0.335 e. The van der Waals surface area contributed by atoms with E-state index in [9.17, 15) is 4.79 Å². The van der Waals surface area contributed by atoms with Crippen molar-refractivity contribution in [2.75, 3.05) is 19.0 Å². The zero-order valence-electron chi connectivity index (χ0n) is 8.03. The molecule has 70 valence electrons. The van der Waals surface area contributed by atoms with Crippen LogP contribution in [0.2, 0.25) is 0 Å². The molecule has 1 N–H and O–H groups in total. The van der Waals surface area contributed by atoms with Crippen LogP contribution in [-0.2, 0) is 0 Å². The highest BCUT2D eigenvalue weighted by molar-refractivity contribution is 5.89.